The number of benzene rings is 2. The first-order valence-corrected chi connectivity index (χ1v) is 11.2. The van der Waals surface area contributed by atoms with Gasteiger partial charge in [0.05, 0.1) is 14.2 Å². The first kappa shape index (κ1) is 23.5. The zero-order valence-electron chi connectivity index (χ0n) is 19.1. The van der Waals surface area contributed by atoms with E-state index in [9.17, 15) is 0 Å². The van der Waals surface area contributed by atoms with Gasteiger partial charge >= 0.3 is 0 Å². The second-order valence-corrected chi connectivity index (χ2v) is 7.67. The van der Waals surface area contributed by atoms with Gasteiger partial charge in [-0.1, -0.05) is 30.3 Å². The molecule has 3 rings (SSSR count). The fourth-order valence-corrected chi connectivity index (χ4v) is 3.58. The summed E-state index contributed by atoms with van der Waals surface area (Å²) in [6.45, 7) is 2.06. The number of rotatable bonds is 13. The van der Waals surface area contributed by atoms with Crippen molar-refractivity contribution < 1.29 is 9.47 Å². The molecule has 0 aliphatic rings. The number of nitrogens with one attached hydrogen (secondary N) is 1. The summed E-state index contributed by atoms with van der Waals surface area (Å²) >= 11 is 0. The Morgan fingerprint density at radius 1 is 0.781 bits per heavy atom. The third-order valence-electron chi connectivity index (χ3n) is 5.39. The number of unbranched alkanes of at least 4 members (excludes halogenated alkanes) is 2. The van der Waals surface area contributed by atoms with E-state index in [1.807, 2.05) is 36.7 Å². The third kappa shape index (κ3) is 7.50. The smallest absolute Gasteiger partial charge is 0.118 e. The number of aryl methyl sites for hydroxylation is 1. The predicted molar refractivity (Wildman–Crippen MR) is 130 cm³/mol. The minimum atomic E-state index is 0.867. The van der Waals surface area contributed by atoms with E-state index in [1.165, 1.54) is 22.3 Å². The molecule has 0 spiro atoms. The van der Waals surface area contributed by atoms with Gasteiger partial charge in [0.25, 0.3) is 0 Å². The largest absolute Gasteiger partial charge is 0.497 e. The average molecular weight is 432 g/mol. The minimum absolute atomic E-state index is 0.867. The number of ether oxygens (including phenoxy) is 2. The van der Waals surface area contributed by atoms with Gasteiger partial charge in [0.2, 0.25) is 0 Å². The monoisotopic (exact) mass is 431 g/mol. The third-order valence-corrected chi connectivity index (χ3v) is 5.39. The van der Waals surface area contributed by atoms with Crippen LogP contribution in [0.1, 0.15) is 42.4 Å². The van der Waals surface area contributed by atoms with Gasteiger partial charge in [0.15, 0.2) is 0 Å². The van der Waals surface area contributed by atoms with Gasteiger partial charge in [-0.2, -0.15) is 0 Å². The van der Waals surface area contributed by atoms with Crippen molar-refractivity contribution in [2.24, 2.45) is 0 Å². The zero-order chi connectivity index (χ0) is 22.4. The maximum atomic E-state index is 5.31. The Labute approximate surface area is 191 Å². The molecule has 1 heterocycles. The molecule has 0 atom stereocenters. The molecule has 1 aromatic heterocycles. The Hall–Kier alpha value is -3.18. The summed E-state index contributed by atoms with van der Waals surface area (Å²) in [6.07, 6.45) is 13.2. The van der Waals surface area contributed by atoms with Crippen LogP contribution in [0.15, 0.2) is 73.3 Å². The van der Waals surface area contributed by atoms with Crippen LogP contribution in [0, 0.1) is 0 Å². The van der Waals surface area contributed by atoms with Crippen molar-refractivity contribution in [3.8, 4) is 11.5 Å². The van der Waals surface area contributed by atoms with Gasteiger partial charge in [-0.05, 0) is 91.7 Å². The summed E-state index contributed by atoms with van der Waals surface area (Å²) in [5.74, 6) is 1.73. The van der Waals surface area contributed by atoms with Gasteiger partial charge in [-0.25, -0.2) is 9.97 Å². The molecule has 0 unspecified atom stereocenters. The topological polar surface area (TPSA) is 56.3 Å². The summed E-state index contributed by atoms with van der Waals surface area (Å²) in [7, 11) is 3.39. The molecule has 168 valence electrons. The predicted octanol–water partition coefficient (Wildman–Crippen LogP) is 5.32. The van der Waals surface area contributed by atoms with Crippen LogP contribution in [-0.2, 0) is 6.42 Å². The van der Waals surface area contributed by atoms with E-state index in [2.05, 4.69) is 45.6 Å². The molecule has 5 heteroatoms. The van der Waals surface area contributed by atoms with Crippen LogP contribution in [0.25, 0.3) is 5.57 Å². The molecule has 0 aliphatic heterocycles. The second kappa shape index (κ2) is 13.3. The van der Waals surface area contributed by atoms with Gasteiger partial charge in [0.1, 0.15) is 17.8 Å². The molecule has 0 radical (unpaired) electrons. The van der Waals surface area contributed by atoms with Crippen molar-refractivity contribution in [2.75, 3.05) is 27.3 Å². The lowest BCUT2D eigenvalue weighted by molar-refractivity contribution is 0.414. The molecule has 1 N–H and O–H groups in total. The lowest BCUT2D eigenvalue weighted by Crippen LogP contribution is -2.16. The molecule has 32 heavy (non-hydrogen) atoms. The molecule has 0 saturated carbocycles. The van der Waals surface area contributed by atoms with Crippen LogP contribution in [0.5, 0.6) is 11.5 Å². The van der Waals surface area contributed by atoms with Crippen LogP contribution in [-0.4, -0.2) is 37.3 Å². The van der Waals surface area contributed by atoms with Crippen LogP contribution < -0.4 is 14.8 Å². The highest BCUT2D eigenvalue weighted by molar-refractivity contribution is 5.80. The Morgan fingerprint density at radius 2 is 1.34 bits per heavy atom. The maximum absolute atomic E-state index is 5.31. The summed E-state index contributed by atoms with van der Waals surface area (Å²) in [5, 5.41) is 3.56. The number of methoxy groups -OCH3 is 2. The first-order valence-electron chi connectivity index (χ1n) is 11.2. The molecule has 5 nitrogen and oxygen atoms in total. The number of allylic oxidation sites excluding steroid dienone is 1. The Morgan fingerprint density at radius 3 is 1.91 bits per heavy atom. The van der Waals surface area contributed by atoms with Gasteiger partial charge in [-0.3, -0.25) is 0 Å². The first-order chi connectivity index (χ1) is 15.8. The Balaban J connectivity index is 1.48. The summed E-state index contributed by atoms with van der Waals surface area (Å²) < 4.78 is 10.6. The summed E-state index contributed by atoms with van der Waals surface area (Å²) in [6, 6.07) is 16.5. The van der Waals surface area contributed by atoms with Crippen molar-refractivity contribution in [2.45, 2.75) is 32.1 Å². The molecule has 0 amide bonds. The molecular weight excluding hydrogens is 398 g/mol. The minimum Gasteiger partial charge on any atom is -0.497 e. The number of aromatic nitrogens is 2. The lowest BCUT2D eigenvalue weighted by atomic mass is 9.96. The molecule has 0 fully saturated rings. The highest BCUT2D eigenvalue weighted by Gasteiger charge is 2.06. The summed E-state index contributed by atoms with van der Waals surface area (Å²) in [4.78, 5) is 8.13. The van der Waals surface area contributed by atoms with Crippen LogP contribution in [0.4, 0.5) is 0 Å². The molecule has 3 aromatic rings. The molecular formula is C27H33N3O2. The van der Waals surface area contributed by atoms with Crippen LogP contribution in [0.3, 0.4) is 0 Å². The number of nitrogens with zero attached hydrogens (tertiary/aromatic N) is 2. The van der Waals surface area contributed by atoms with Gasteiger partial charge in [-0.15, -0.1) is 0 Å². The van der Waals surface area contributed by atoms with Crippen molar-refractivity contribution in [1.29, 1.82) is 0 Å². The average Bonchev–Trinajstić information content (AvgIpc) is 2.86. The highest BCUT2D eigenvalue weighted by atomic mass is 16.5. The van der Waals surface area contributed by atoms with Crippen molar-refractivity contribution >= 4 is 5.57 Å². The lowest BCUT2D eigenvalue weighted by Gasteiger charge is -2.11. The van der Waals surface area contributed by atoms with Crippen molar-refractivity contribution in [3.05, 3.63) is 90.0 Å². The van der Waals surface area contributed by atoms with Crippen molar-refractivity contribution in [1.82, 2.24) is 15.3 Å². The number of hydrogen-bond acceptors (Lipinski definition) is 5. The zero-order valence-corrected chi connectivity index (χ0v) is 19.1. The fraction of sp³-hybridized carbons (Fsp3) is 0.333. The Bertz CT molecular complexity index is 889. The number of hydrogen-bond donors (Lipinski definition) is 1. The van der Waals surface area contributed by atoms with E-state index in [0.29, 0.717) is 0 Å². The second-order valence-electron chi connectivity index (χ2n) is 7.67. The van der Waals surface area contributed by atoms with E-state index in [1.54, 1.807) is 20.5 Å². The quantitative estimate of drug-likeness (QED) is 0.371. The fourth-order valence-electron chi connectivity index (χ4n) is 3.58. The van der Waals surface area contributed by atoms with Gasteiger partial charge < -0.3 is 14.8 Å². The maximum Gasteiger partial charge on any atom is 0.118 e. The SMILES string of the molecule is COc1ccc(C(=CCCCNCCCCc2cncnc2)c2ccc(OC)cc2)cc1. The standard InChI is InChI=1S/C27H33N3O2/c1-31-25-13-9-23(10-14-25)27(24-11-15-26(32-2)16-12-24)8-4-6-18-28-17-5-3-7-22-19-29-21-30-20-22/h8-16,19-21,28H,3-7,17-18H2,1-2H3. The Kier molecular flexibility index (Phi) is 9.74. The van der Waals surface area contributed by atoms with E-state index in [4.69, 9.17) is 9.47 Å². The molecule has 0 aliphatic carbocycles. The van der Waals surface area contributed by atoms with E-state index >= 15 is 0 Å². The van der Waals surface area contributed by atoms with Crippen molar-refractivity contribution in [3.63, 3.8) is 0 Å². The van der Waals surface area contributed by atoms with E-state index in [-0.39, 0.29) is 0 Å². The highest BCUT2D eigenvalue weighted by Crippen LogP contribution is 2.27. The van der Waals surface area contributed by atoms with Gasteiger partial charge in [0, 0.05) is 12.4 Å². The van der Waals surface area contributed by atoms with Crippen LogP contribution in [0.2, 0.25) is 0 Å². The van der Waals surface area contributed by atoms with E-state index in [0.717, 1.165) is 56.7 Å². The van der Waals surface area contributed by atoms with E-state index < -0.39 is 0 Å². The van der Waals surface area contributed by atoms with Crippen LogP contribution >= 0.6 is 0 Å². The molecule has 0 bridgehead atoms. The molecule has 0 saturated heterocycles. The summed E-state index contributed by atoms with van der Waals surface area (Å²) in [5.41, 5.74) is 4.82. The normalized spacial score (nSPS) is 10.6. The molecule has 2 aromatic carbocycles.